The van der Waals surface area contributed by atoms with E-state index in [0.717, 1.165) is 41.2 Å². The fourth-order valence-corrected chi connectivity index (χ4v) is 4.32. The monoisotopic (exact) mass is 385 g/mol. The summed E-state index contributed by atoms with van der Waals surface area (Å²) in [6, 6.07) is 7.32. The second kappa shape index (κ2) is 7.52. The van der Waals surface area contributed by atoms with Crippen molar-refractivity contribution >= 4 is 17.2 Å². The number of thiazole rings is 1. The first-order chi connectivity index (χ1) is 13.1. The Hall–Kier alpha value is -2.67. The van der Waals surface area contributed by atoms with Crippen LogP contribution in [0.1, 0.15) is 34.1 Å². The van der Waals surface area contributed by atoms with Crippen molar-refractivity contribution in [3.05, 3.63) is 70.3 Å². The molecule has 1 aliphatic rings. The van der Waals surface area contributed by atoms with E-state index in [1.165, 1.54) is 11.0 Å². The molecule has 1 amide bonds. The van der Waals surface area contributed by atoms with Gasteiger partial charge in [-0.15, -0.1) is 11.3 Å². The average molecular weight is 385 g/mol. The number of likely N-dealkylation sites (tertiary alicyclic amines) is 1. The number of rotatable bonds is 3. The van der Waals surface area contributed by atoms with Crippen LogP contribution in [0.15, 0.2) is 48.1 Å². The van der Waals surface area contributed by atoms with Crippen LogP contribution < -0.4 is 0 Å². The number of nitrogens with zero attached hydrogens (tertiary/aromatic N) is 3. The van der Waals surface area contributed by atoms with Gasteiger partial charge in [0.15, 0.2) is 0 Å². The lowest BCUT2D eigenvalue weighted by molar-refractivity contribution is 0.0703. The van der Waals surface area contributed by atoms with Gasteiger partial charge in [-0.25, -0.2) is 13.8 Å². The zero-order valence-corrected chi connectivity index (χ0v) is 15.3. The van der Waals surface area contributed by atoms with Crippen LogP contribution in [-0.4, -0.2) is 33.9 Å². The minimum atomic E-state index is -0.816. The summed E-state index contributed by atoms with van der Waals surface area (Å²) in [6.45, 7) is 0.920. The smallest absolute Gasteiger partial charge is 0.259 e. The molecule has 0 saturated carbocycles. The molecule has 0 atom stereocenters. The standard InChI is InChI=1S/C20H17F2N3OS/c21-15-2-1-3-16(22)18(15)20(26)25-10-6-14(7-11-25)19-24-17(12-27-19)13-4-8-23-9-5-13/h1-5,8-9,12,14H,6-7,10-11H2. The molecule has 27 heavy (non-hydrogen) atoms. The number of amides is 1. The molecule has 7 heteroatoms. The normalized spacial score (nSPS) is 15.1. The highest BCUT2D eigenvalue weighted by Crippen LogP contribution is 2.33. The van der Waals surface area contributed by atoms with Crippen molar-refractivity contribution in [2.75, 3.05) is 13.1 Å². The number of benzene rings is 1. The number of halogens is 2. The highest BCUT2D eigenvalue weighted by molar-refractivity contribution is 7.10. The predicted molar refractivity (Wildman–Crippen MR) is 99.6 cm³/mol. The molecule has 0 radical (unpaired) electrons. The van der Waals surface area contributed by atoms with Crippen LogP contribution in [0.2, 0.25) is 0 Å². The Labute approximate surface area is 159 Å². The van der Waals surface area contributed by atoms with Crippen LogP contribution in [-0.2, 0) is 0 Å². The third-order valence-corrected chi connectivity index (χ3v) is 5.81. The summed E-state index contributed by atoms with van der Waals surface area (Å²) in [7, 11) is 0. The summed E-state index contributed by atoms with van der Waals surface area (Å²) in [5.41, 5.74) is 1.48. The molecule has 0 aliphatic carbocycles. The van der Waals surface area contributed by atoms with Gasteiger partial charge in [0.05, 0.1) is 10.7 Å². The van der Waals surface area contributed by atoms with Gasteiger partial charge in [-0.2, -0.15) is 0 Å². The molecule has 3 heterocycles. The first-order valence-corrected chi connectivity index (χ1v) is 9.60. The topological polar surface area (TPSA) is 46.1 Å². The maximum Gasteiger partial charge on any atom is 0.259 e. The summed E-state index contributed by atoms with van der Waals surface area (Å²) < 4.78 is 27.7. The molecule has 1 aliphatic heterocycles. The van der Waals surface area contributed by atoms with Gasteiger partial charge >= 0.3 is 0 Å². The van der Waals surface area contributed by atoms with Crippen LogP contribution in [0, 0.1) is 11.6 Å². The maximum atomic E-state index is 13.9. The Balaban J connectivity index is 1.44. The van der Waals surface area contributed by atoms with Crippen LogP contribution in [0.25, 0.3) is 11.3 Å². The molecule has 2 aromatic heterocycles. The molecule has 1 saturated heterocycles. The van der Waals surface area contributed by atoms with Gasteiger partial charge in [0, 0.05) is 42.3 Å². The van der Waals surface area contributed by atoms with Crippen molar-refractivity contribution in [1.82, 2.24) is 14.9 Å². The van der Waals surface area contributed by atoms with E-state index in [4.69, 9.17) is 4.98 Å². The van der Waals surface area contributed by atoms with E-state index in [1.54, 1.807) is 23.7 Å². The molecule has 3 aromatic rings. The Morgan fingerprint density at radius 1 is 1.07 bits per heavy atom. The molecule has 1 aromatic carbocycles. The zero-order chi connectivity index (χ0) is 18.8. The molecule has 4 rings (SSSR count). The van der Waals surface area contributed by atoms with Crippen LogP contribution >= 0.6 is 11.3 Å². The van der Waals surface area contributed by atoms with Crippen molar-refractivity contribution < 1.29 is 13.6 Å². The van der Waals surface area contributed by atoms with Crippen molar-refractivity contribution in [3.8, 4) is 11.3 Å². The third-order valence-electron chi connectivity index (χ3n) is 4.81. The highest BCUT2D eigenvalue weighted by Gasteiger charge is 2.29. The SMILES string of the molecule is O=C(c1c(F)cccc1F)N1CCC(c2nc(-c3ccncc3)cs2)CC1. The van der Waals surface area contributed by atoms with Crippen molar-refractivity contribution in [2.45, 2.75) is 18.8 Å². The minimum absolute atomic E-state index is 0.250. The lowest BCUT2D eigenvalue weighted by Gasteiger charge is -2.31. The quantitative estimate of drug-likeness (QED) is 0.667. The zero-order valence-electron chi connectivity index (χ0n) is 14.4. The highest BCUT2D eigenvalue weighted by atomic mass is 32.1. The van der Waals surface area contributed by atoms with Gasteiger partial charge in [-0.3, -0.25) is 9.78 Å². The maximum absolute atomic E-state index is 13.9. The Kier molecular flexibility index (Phi) is 4.94. The van der Waals surface area contributed by atoms with Gasteiger partial charge in [0.1, 0.15) is 17.2 Å². The van der Waals surface area contributed by atoms with E-state index in [9.17, 15) is 13.6 Å². The number of carbonyl (C=O) groups excluding carboxylic acids is 1. The van der Waals surface area contributed by atoms with E-state index in [2.05, 4.69) is 4.98 Å². The fraction of sp³-hybridized carbons (Fsp3) is 0.250. The Morgan fingerprint density at radius 3 is 2.41 bits per heavy atom. The lowest BCUT2D eigenvalue weighted by Crippen LogP contribution is -2.38. The second-order valence-electron chi connectivity index (χ2n) is 6.47. The van der Waals surface area contributed by atoms with Gasteiger partial charge in [0.2, 0.25) is 0 Å². The number of hydrogen-bond acceptors (Lipinski definition) is 4. The van der Waals surface area contributed by atoms with E-state index in [-0.39, 0.29) is 5.92 Å². The molecule has 1 fully saturated rings. The number of pyridine rings is 1. The van der Waals surface area contributed by atoms with Gasteiger partial charge in [-0.05, 0) is 37.1 Å². The summed E-state index contributed by atoms with van der Waals surface area (Å²) in [5, 5.41) is 3.06. The number of piperidine rings is 1. The van der Waals surface area contributed by atoms with Gasteiger partial charge in [0.25, 0.3) is 5.91 Å². The number of hydrogen-bond donors (Lipinski definition) is 0. The molecule has 138 valence electrons. The summed E-state index contributed by atoms with van der Waals surface area (Å²) in [4.78, 5) is 22.8. The van der Waals surface area contributed by atoms with Crippen molar-refractivity contribution in [1.29, 1.82) is 0 Å². The molecular formula is C20H17F2N3OS. The molecule has 0 N–H and O–H groups in total. The second-order valence-corrected chi connectivity index (χ2v) is 7.36. The van der Waals surface area contributed by atoms with Gasteiger partial charge in [-0.1, -0.05) is 6.07 Å². The largest absolute Gasteiger partial charge is 0.338 e. The summed E-state index contributed by atoms with van der Waals surface area (Å²) >= 11 is 1.61. The fourth-order valence-electron chi connectivity index (χ4n) is 3.32. The van der Waals surface area contributed by atoms with Crippen molar-refractivity contribution in [2.24, 2.45) is 0 Å². The molecular weight excluding hydrogens is 368 g/mol. The summed E-state index contributed by atoms with van der Waals surface area (Å²) in [5.74, 6) is -1.96. The molecule has 0 unspecified atom stereocenters. The van der Waals surface area contributed by atoms with Gasteiger partial charge < -0.3 is 4.90 Å². The predicted octanol–water partition coefficient (Wildman–Crippen LogP) is 4.50. The van der Waals surface area contributed by atoms with E-state index < -0.39 is 23.1 Å². The van der Waals surface area contributed by atoms with Crippen LogP contribution in [0.4, 0.5) is 8.78 Å². The summed E-state index contributed by atoms with van der Waals surface area (Å²) in [6.07, 6.45) is 4.93. The lowest BCUT2D eigenvalue weighted by atomic mass is 9.97. The van der Waals surface area contributed by atoms with Crippen molar-refractivity contribution in [3.63, 3.8) is 0 Å². The Bertz CT molecular complexity index is 933. The average Bonchev–Trinajstić information content (AvgIpc) is 3.19. The van der Waals surface area contributed by atoms with Crippen LogP contribution in [0.5, 0.6) is 0 Å². The molecule has 0 spiro atoms. The minimum Gasteiger partial charge on any atom is -0.338 e. The Morgan fingerprint density at radius 2 is 1.74 bits per heavy atom. The molecule has 0 bridgehead atoms. The van der Waals surface area contributed by atoms with E-state index in [0.29, 0.717) is 13.1 Å². The third kappa shape index (κ3) is 3.60. The van der Waals surface area contributed by atoms with E-state index in [1.807, 2.05) is 17.5 Å². The van der Waals surface area contributed by atoms with Crippen LogP contribution in [0.3, 0.4) is 0 Å². The first kappa shape index (κ1) is 17.7. The first-order valence-electron chi connectivity index (χ1n) is 8.72. The number of carbonyl (C=O) groups is 1. The number of aromatic nitrogens is 2. The van der Waals surface area contributed by atoms with E-state index >= 15 is 0 Å². The molecule has 4 nitrogen and oxygen atoms in total.